The van der Waals surface area contributed by atoms with Crippen molar-refractivity contribution in [3.63, 3.8) is 0 Å². The quantitative estimate of drug-likeness (QED) is 0.816. The summed E-state index contributed by atoms with van der Waals surface area (Å²) in [4.78, 5) is 2.76. The third-order valence-electron chi connectivity index (χ3n) is 5.03. The summed E-state index contributed by atoms with van der Waals surface area (Å²) in [5, 5.41) is 0. The molecule has 0 bridgehead atoms. The molecule has 0 aromatic carbocycles. The van der Waals surface area contributed by atoms with Gasteiger partial charge in [-0.3, -0.25) is 0 Å². The van der Waals surface area contributed by atoms with Crippen LogP contribution in [0.25, 0.3) is 0 Å². The number of piperidine rings is 1. The van der Waals surface area contributed by atoms with Gasteiger partial charge in [0, 0.05) is 12.6 Å². The number of nitrogens with two attached hydrogens (primary N) is 1. The monoisotopic (exact) mass is 238 g/mol. The Morgan fingerprint density at radius 3 is 2.59 bits per heavy atom. The van der Waals surface area contributed by atoms with Gasteiger partial charge in [-0.2, -0.15) is 0 Å². The first-order valence-electron chi connectivity index (χ1n) is 7.75. The molecule has 2 rings (SSSR count). The van der Waals surface area contributed by atoms with E-state index in [1.165, 1.54) is 64.5 Å². The SMILES string of the molecule is CC(C1CCCCC1)N1CCCC(CCN)C1. The Morgan fingerprint density at radius 2 is 1.88 bits per heavy atom. The molecule has 2 atom stereocenters. The molecular weight excluding hydrogens is 208 g/mol. The zero-order valence-corrected chi connectivity index (χ0v) is 11.5. The topological polar surface area (TPSA) is 29.3 Å². The van der Waals surface area contributed by atoms with Gasteiger partial charge < -0.3 is 10.6 Å². The minimum Gasteiger partial charge on any atom is -0.330 e. The highest BCUT2D eigenvalue weighted by Gasteiger charge is 2.28. The Bertz CT molecular complexity index is 209. The van der Waals surface area contributed by atoms with Crippen LogP contribution in [-0.4, -0.2) is 30.6 Å². The van der Waals surface area contributed by atoms with Crippen molar-refractivity contribution >= 4 is 0 Å². The second-order valence-electron chi connectivity index (χ2n) is 6.22. The Labute approximate surface area is 107 Å². The van der Waals surface area contributed by atoms with Crippen LogP contribution in [-0.2, 0) is 0 Å². The number of hydrogen-bond acceptors (Lipinski definition) is 2. The minimum atomic E-state index is 0.816. The molecule has 2 nitrogen and oxygen atoms in total. The molecule has 1 heterocycles. The van der Waals surface area contributed by atoms with Crippen LogP contribution in [0.3, 0.4) is 0 Å². The van der Waals surface area contributed by atoms with E-state index >= 15 is 0 Å². The van der Waals surface area contributed by atoms with Gasteiger partial charge in [0.15, 0.2) is 0 Å². The molecule has 2 aliphatic rings. The molecule has 1 aliphatic carbocycles. The molecule has 2 heteroatoms. The maximum Gasteiger partial charge on any atom is 0.00953 e. The molecule has 0 spiro atoms. The van der Waals surface area contributed by atoms with Gasteiger partial charge in [0.1, 0.15) is 0 Å². The largest absolute Gasteiger partial charge is 0.330 e. The van der Waals surface area contributed by atoms with E-state index < -0.39 is 0 Å². The highest BCUT2D eigenvalue weighted by Crippen LogP contribution is 2.31. The predicted molar refractivity (Wildman–Crippen MR) is 74.0 cm³/mol. The summed E-state index contributed by atoms with van der Waals surface area (Å²) in [6.45, 7) is 5.99. The maximum absolute atomic E-state index is 5.71. The van der Waals surface area contributed by atoms with Crippen molar-refractivity contribution in [1.82, 2.24) is 4.90 Å². The molecular formula is C15H30N2. The van der Waals surface area contributed by atoms with E-state index in [-0.39, 0.29) is 0 Å². The van der Waals surface area contributed by atoms with Crippen LogP contribution in [0.1, 0.15) is 58.3 Å². The molecule has 1 aliphatic heterocycles. The van der Waals surface area contributed by atoms with E-state index in [1.807, 2.05) is 0 Å². The fraction of sp³-hybridized carbons (Fsp3) is 1.00. The van der Waals surface area contributed by atoms with E-state index in [2.05, 4.69) is 11.8 Å². The van der Waals surface area contributed by atoms with E-state index in [0.717, 1.165) is 24.4 Å². The summed E-state index contributed by atoms with van der Waals surface area (Å²) in [5.41, 5.74) is 5.71. The molecule has 0 aromatic heterocycles. The second kappa shape index (κ2) is 6.75. The highest BCUT2D eigenvalue weighted by molar-refractivity contribution is 4.82. The number of hydrogen-bond donors (Lipinski definition) is 1. The molecule has 0 aromatic rings. The van der Waals surface area contributed by atoms with Crippen molar-refractivity contribution in [2.45, 2.75) is 64.3 Å². The van der Waals surface area contributed by atoms with Crippen molar-refractivity contribution in [3.8, 4) is 0 Å². The first-order chi connectivity index (χ1) is 8.31. The van der Waals surface area contributed by atoms with Gasteiger partial charge in [-0.25, -0.2) is 0 Å². The third kappa shape index (κ3) is 3.69. The van der Waals surface area contributed by atoms with Crippen molar-refractivity contribution in [2.75, 3.05) is 19.6 Å². The van der Waals surface area contributed by atoms with Crippen LogP contribution in [0, 0.1) is 11.8 Å². The fourth-order valence-electron chi connectivity index (χ4n) is 3.85. The molecule has 1 saturated heterocycles. The highest BCUT2D eigenvalue weighted by atomic mass is 15.2. The predicted octanol–water partition coefficient (Wildman–Crippen LogP) is 3.02. The average Bonchev–Trinajstić information content (AvgIpc) is 2.40. The van der Waals surface area contributed by atoms with Gasteiger partial charge in [-0.15, -0.1) is 0 Å². The van der Waals surface area contributed by atoms with Crippen molar-refractivity contribution in [3.05, 3.63) is 0 Å². The Balaban J connectivity index is 1.82. The maximum atomic E-state index is 5.71. The average molecular weight is 238 g/mol. The van der Waals surface area contributed by atoms with E-state index in [4.69, 9.17) is 5.73 Å². The molecule has 0 amide bonds. The molecule has 2 unspecified atom stereocenters. The Morgan fingerprint density at radius 1 is 1.12 bits per heavy atom. The standard InChI is InChI=1S/C15H30N2/c1-13(15-7-3-2-4-8-15)17-11-5-6-14(12-17)9-10-16/h13-15H,2-12,16H2,1H3. The minimum absolute atomic E-state index is 0.816. The van der Waals surface area contributed by atoms with Gasteiger partial charge in [-0.05, 0) is 64.0 Å². The van der Waals surface area contributed by atoms with Gasteiger partial charge in [0.2, 0.25) is 0 Å². The third-order valence-corrected chi connectivity index (χ3v) is 5.03. The fourth-order valence-corrected chi connectivity index (χ4v) is 3.85. The van der Waals surface area contributed by atoms with Crippen LogP contribution in [0.2, 0.25) is 0 Å². The zero-order valence-electron chi connectivity index (χ0n) is 11.5. The summed E-state index contributed by atoms with van der Waals surface area (Å²) in [6.07, 6.45) is 11.4. The second-order valence-corrected chi connectivity index (χ2v) is 6.22. The molecule has 17 heavy (non-hydrogen) atoms. The van der Waals surface area contributed by atoms with Crippen LogP contribution in [0.15, 0.2) is 0 Å². The van der Waals surface area contributed by atoms with Gasteiger partial charge in [-0.1, -0.05) is 19.3 Å². The number of rotatable bonds is 4. The summed E-state index contributed by atoms with van der Waals surface area (Å²) in [5.74, 6) is 1.85. The molecule has 1 saturated carbocycles. The molecule has 100 valence electrons. The molecule has 2 N–H and O–H groups in total. The summed E-state index contributed by atoms with van der Waals surface area (Å²) in [7, 11) is 0. The summed E-state index contributed by atoms with van der Waals surface area (Å²) >= 11 is 0. The van der Waals surface area contributed by atoms with Gasteiger partial charge >= 0.3 is 0 Å². The zero-order chi connectivity index (χ0) is 12.1. The lowest BCUT2D eigenvalue weighted by Gasteiger charge is -2.41. The summed E-state index contributed by atoms with van der Waals surface area (Å²) < 4.78 is 0. The van der Waals surface area contributed by atoms with Crippen LogP contribution in [0.4, 0.5) is 0 Å². The Kier molecular flexibility index (Phi) is 5.30. The lowest BCUT2D eigenvalue weighted by Crippen LogP contribution is -2.45. The van der Waals surface area contributed by atoms with Crippen molar-refractivity contribution in [1.29, 1.82) is 0 Å². The Hall–Kier alpha value is -0.0800. The normalized spacial score (nSPS) is 30.4. The first kappa shape index (κ1) is 13.4. The summed E-state index contributed by atoms with van der Waals surface area (Å²) in [6, 6.07) is 0.816. The number of nitrogens with zero attached hydrogens (tertiary/aromatic N) is 1. The molecule has 0 radical (unpaired) electrons. The van der Waals surface area contributed by atoms with Crippen LogP contribution >= 0.6 is 0 Å². The molecule has 2 fully saturated rings. The van der Waals surface area contributed by atoms with Crippen molar-refractivity contribution < 1.29 is 0 Å². The van der Waals surface area contributed by atoms with E-state index in [1.54, 1.807) is 0 Å². The van der Waals surface area contributed by atoms with Gasteiger partial charge in [0.05, 0.1) is 0 Å². The smallest absolute Gasteiger partial charge is 0.00953 e. The van der Waals surface area contributed by atoms with Crippen LogP contribution < -0.4 is 5.73 Å². The van der Waals surface area contributed by atoms with E-state index in [0.29, 0.717) is 0 Å². The van der Waals surface area contributed by atoms with Gasteiger partial charge in [0.25, 0.3) is 0 Å². The number of likely N-dealkylation sites (tertiary alicyclic amines) is 1. The lowest BCUT2D eigenvalue weighted by molar-refractivity contribution is 0.0804. The van der Waals surface area contributed by atoms with Crippen molar-refractivity contribution in [2.24, 2.45) is 17.6 Å². The first-order valence-corrected chi connectivity index (χ1v) is 7.75. The lowest BCUT2D eigenvalue weighted by atomic mass is 9.82. The van der Waals surface area contributed by atoms with Crippen LogP contribution in [0.5, 0.6) is 0 Å². The van der Waals surface area contributed by atoms with E-state index in [9.17, 15) is 0 Å².